The second-order valence-electron chi connectivity index (χ2n) is 3.28. The minimum atomic E-state index is -2.73. The lowest BCUT2D eigenvalue weighted by molar-refractivity contribution is -0.123. The molecule has 2 N–H and O–H groups in total. The van der Waals surface area contributed by atoms with Crippen molar-refractivity contribution in [2.75, 3.05) is 13.1 Å². The van der Waals surface area contributed by atoms with Gasteiger partial charge in [-0.1, -0.05) is 6.92 Å². The highest BCUT2D eigenvalue weighted by Gasteiger charge is 2.42. The zero-order valence-electron chi connectivity index (χ0n) is 7.57. The third-order valence-corrected chi connectivity index (χ3v) is 1.98. The number of alkyl halides is 2. The van der Waals surface area contributed by atoms with Crippen LogP contribution in [0.15, 0.2) is 0 Å². The minimum absolute atomic E-state index is 0.320. The maximum absolute atomic E-state index is 12.6. The summed E-state index contributed by atoms with van der Waals surface area (Å²) in [6.45, 7) is 2.07. The van der Waals surface area contributed by atoms with Gasteiger partial charge in [0.2, 0.25) is 5.91 Å². The maximum atomic E-state index is 12.6. The number of rotatable bonds is 3. The zero-order valence-corrected chi connectivity index (χ0v) is 7.57. The summed E-state index contributed by atoms with van der Waals surface area (Å²) in [7, 11) is 0. The van der Waals surface area contributed by atoms with Gasteiger partial charge in [-0.3, -0.25) is 10.1 Å². The van der Waals surface area contributed by atoms with Crippen LogP contribution in [0, 0.1) is 0 Å². The van der Waals surface area contributed by atoms with E-state index in [0.717, 1.165) is 6.42 Å². The molecule has 1 aliphatic heterocycles. The van der Waals surface area contributed by atoms with E-state index in [4.69, 9.17) is 0 Å². The number of carbonyl (C=O) groups excluding carboxylic acids is 1. The van der Waals surface area contributed by atoms with E-state index in [0.29, 0.717) is 6.54 Å². The zero-order chi connectivity index (χ0) is 9.90. The Bertz CT molecular complexity index is 197. The van der Waals surface area contributed by atoms with Gasteiger partial charge in [0, 0.05) is 13.0 Å². The fourth-order valence-corrected chi connectivity index (χ4v) is 1.27. The first-order valence-corrected chi connectivity index (χ1v) is 4.44. The predicted molar refractivity (Wildman–Crippen MR) is 44.7 cm³/mol. The molecular formula is C8H14F2N2O. The number of carbonyl (C=O) groups is 1. The summed E-state index contributed by atoms with van der Waals surface area (Å²) in [5.41, 5.74) is 0. The molecule has 5 heteroatoms. The molecule has 1 aliphatic rings. The Morgan fingerprint density at radius 2 is 2.38 bits per heavy atom. The molecule has 1 fully saturated rings. The standard InChI is InChI=1S/C8H14F2N2O/c1-2-3-11-7(13)6-4-8(9,10)5-12-6/h6,12H,2-5H2,1H3,(H,11,13). The van der Waals surface area contributed by atoms with E-state index in [1.807, 2.05) is 6.92 Å². The molecule has 0 aromatic rings. The normalized spacial score (nSPS) is 25.9. The smallest absolute Gasteiger partial charge is 0.262 e. The van der Waals surface area contributed by atoms with Gasteiger partial charge in [0.1, 0.15) is 0 Å². The van der Waals surface area contributed by atoms with Crippen LogP contribution in [0.1, 0.15) is 19.8 Å². The van der Waals surface area contributed by atoms with E-state index in [2.05, 4.69) is 10.6 Å². The van der Waals surface area contributed by atoms with E-state index in [1.165, 1.54) is 0 Å². The van der Waals surface area contributed by atoms with Gasteiger partial charge >= 0.3 is 0 Å². The lowest BCUT2D eigenvalue weighted by atomic mass is 10.2. The van der Waals surface area contributed by atoms with E-state index in [9.17, 15) is 13.6 Å². The van der Waals surface area contributed by atoms with Crippen LogP contribution in [0.25, 0.3) is 0 Å². The molecule has 1 atom stereocenters. The fraction of sp³-hybridized carbons (Fsp3) is 0.875. The van der Waals surface area contributed by atoms with Crippen molar-refractivity contribution >= 4 is 5.91 Å². The lowest BCUT2D eigenvalue weighted by Gasteiger charge is -2.09. The van der Waals surface area contributed by atoms with Crippen LogP contribution >= 0.6 is 0 Å². The second kappa shape index (κ2) is 4.00. The molecular weight excluding hydrogens is 178 g/mol. The van der Waals surface area contributed by atoms with Gasteiger partial charge in [0.05, 0.1) is 12.6 Å². The number of nitrogens with one attached hydrogen (secondary N) is 2. The monoisotopic (exact) mass is 192 g/mol. The molecule has 0 saturated carbocycles. The molecule has 0 radical (unpaired) electrons. The third-order valence-electron chi connectivity index (χ3n) is 1.98. The molecule has 0 bridgehead atoms. The van der Waals surface area contributed by atoms with E-state index in [1.54, 1.807) is 0 Å². The van der Waals surface area contributed by atoms with Gasteiger partial charge in [-0.05, 0) is 6.42 Å². The van der Waals surface area contributed by atoms with Crippen molar-refractivity contribution in [3.8, 4) is 0 Å². The van der Waals surface area contributed by atoms with Crippen molar-refractivity contribution in [2.45, 2.75) is 31.7 Å². The summed E-state index contributed by atoms with van der Waals surface area (Å²) >= 11 is 0. The van der Waals surface area contributed by atoms with Crippen molar-refractivity contribution in [1.82, 2.24) is 10.6 Å². The highest BCUT2D eigenvalue weighted by atomic mass is 19.3. The van der Waals surface area contributed by atoms with E-state index < -0.39 is 18.5 Å². The molecule has 13 heavy (non-hydrogen) atoms. The fourth-order valence-electron chi connectivity index (χ4n) is 1.27. The van der Waals surface area contributed by atoms with E-state index in [-0.39, 0.29) is 12.3 Å². The van der Waals surface area contributed by atoms with Crippen molar-refractivity contribution in [3.63, 3.8) is 0 Å². The number of halogens is 2. The number of hydrogen-bond donors (Lipinski definition) is 2. The third kappa shape index (κ3) is 2.91. The van der Waals surface area contributed by atoms with Crippen molar-refractivity contribution in [2.24, 2.45) is 0 Å². The summed E-state index contributed by atoms with van der Waals surface area (Å²) in [5.74, 6) is -3.05. The summed E-state index contributed by atoms with van der Waals surface area (Å²) in [4.78, 5) is 11.2. The highest BCUT2D eigenvalue weighted by molar-refractivity contribution is 5.82. The maximum Gasteiger partial charge on any atom is 0.262 e. The Hall–Kier alpha value is -0.710. The molecule has 1 heterocycles. The summed E-state index contributed by atoms with van der Waals surface area (Å²) in [6, 6.07) is -0.721. The predicted octanol–water partition coefficient (Wildman–Crippen LogP) is 0.510. The summed E-state index contributed by atoms with van der Waals surface area (Å²) in [5, 5.41) is 5.07. The topological polar surface area (TPSA) is 41.1 Å². The molecule has 0 spiro atoms. The quantitative estimate of drug-likeness (QED) is 0.684. The van der Waals surface area contributed by atoms with Gasteiger partial charge in [-0.2, -0.15) is 0 Å². The molecule has 1 amide bonds. The van der Waals surface area contributed by atoms with Crippen molar-refractivity contribution in [1.29, 1.82) is 0 Å². The summed E-state index contributed by atoms with van der Waals surface area (Å²) in [6.07, 6.45) is 0.428. The van der Waals surface area contributed by atoms with E-state index >= 15 is 0 Å². The van der Waals surface area contributed by atoms with Crippen LogP contribution in [0.4, 0.5) is 8.78 Å². The Kier molecular flexibility index (Phi) is 3.19. The number of hydrogen-bond acceptors (Lipinski definition) is 2. The first kappa shape index (κ1) is 10.4. The average Bonchev–Trinajstić information content (AvgIpc) is 2.42. The van der Waals surface area contributed by atoms with Gasteiger partial charge < -0.3 is 5.32 Å². The van der Waals surface area contributed by atoms with Crippen LogP contribution in [0.5, 0.6) is 0 Å². The molecule has 0 aromatic carbocycles. The molecule has 0 aliphatic carbocycles. The van der Waals surface area contributed by atoms with Crippen molar-refractivity contribution < 1.29 is 13.6 Å². The van der Waals surface area contributed by atoms with Gasteiger partial charge in [-0.25, -0.2) is 8.78 Å². The Morgan fingerprint density at radius 1 is 1.69 bits per heavy atom. The SMILES string of the molecule is CCCNC(=O)C1CC(F)(F)CN1. The lowest BCUT2D eigenvalue weighted by Crippen LogP contribution is -2.40. The number of amides is 1. The first-order chi connectivity index (χ1) is 6.05. The van der Waals surface area contributed by atoms with Crippen LogP contribution in [-0.4, -0.2) is 31.0 Å². The molecule has 76 valence electrons. The van der Waals surface area contributed by atoms with Crippen LogP contribution in [-0.2, 0) is 4.79 Å². The molecule has 1 saturated heterocycles. The second-order valence-corrected chi connectivity index (χ2v) is 3.28. The van der Waals surface area contributed by atoms with Crippen LogP contribution in [0.2, 0.25) is 0 Å². The van der Waals surface area contributed by atoms with Gasteiger partial charge in [0.15, 0.2) is 0 Å². The largest absolute Gasteiger partial charge is 0.355 e. The Balaban J connectivity index is 2.33. The molecule has 3 nitrogen and oxygen atoms in total. The van der Waals surface area contributed by atoms with Gasteiger partial charge in [-0.15, -0.1) is 0 Å². The average molecular weight is 192 g/mol. The van der Waals surface area contributed by atoms with Gasteiger partial charge in [0.25, 0.3) is 5.92 Å². The van der Waals surface area contributed by atoms with Crippen molar-refractivity contribution in [3.05, 3.63) is 0 Å². The highest BCUT2D eigenvalue weighted by Crippen LogP contribution is 2.24. The first-order valence-electron chi connectivity index (χ1n) is 4.44. The summed E-state index contributed by atoms with van der Waals surface area (Å²) < 4.78 is 25.3. The Morgan fingerprint density at radius 3 is 2.85 bits per heavy atom. The molecule has 0 aromatic heterocycles. The molecule has 1 rings (SSSR count). The minimum Gasteiger partial charge on any atom is -0.355 e. The molecule has 1 unspecified atom stereocenters. The Labute approximate surface area is 75.9 Å². The van der Waals surface area contributed by atoms with Crippen LogP contribution < -0.4 is 10.6 Å². The van der Waals surface area contributed by atoms with Crippen LogP contribution in [0.3, 0.4) is 0 Å².